The molecule has 0 fully saturated rings. The van der Waals surface area contributed by atoms with Crippen LogP contribution in [-0.2, 0) is 0 Å². The van der Waals surface area contributed by atoms with E-state index in [9.17, 15) is 13.2 Å². The molecule has 17 heavy (non-hydrogen) atoms. The van der Waals surface area contributed by atoms with Crippen molar-refractivity contribution < 1.29 is 17.6 Å². The molecule has 1 unspecified atom stereocenters. The third-order valence-electron chi connectivity index (χ3n) is 2.47. The second-order valence-electron chi connectivity index (χ2n) is 3.58. The highest BCUT2D eigenvalue weighted by atomic mass is 79.9. The van der Waals surface area contributed by atoms with E-state index in [0.29, 0.717) is 23.5 Å². The zero-order valence-corrected chi connectivity index (χ0v) is 10.4. The standard InChI is InChI=1S/C12H8BrF3O/c1-6-8(2-3-17-6)12(13)11-9(15)4-7(14)5-10(11)16/h2-5,12H,1H3. The molecule has 0 radical (unpaired) electrons. The molecule has 90 valence electrons. The summed E-state index contributed by atoms with van der Waals surface area (Å²) in [5.41, 5.74) is 0.380. The van der Waals surface area contributed by atoms with Crippen LogP contribution in [0.15, 0.2) is 28.9 Å². The second kappa shape index (κ2) is 4.56. The van der Waals surface area contributed by atoms with E-state index in [1.54, 1.807) is 13.0 Å². The van der Waals surface area contributed by atoms with Gasteiger partial charge in [-0.25, -0.2) is 13.2 Å². The largest absolute Gasteiger partial charge is 0.469 e. The van der Waals surface area contributed by atoms with Crippen LogP contribution in [0.25, 0.3) is 0 Å². The van der Waals surface area contributed by atoms with Crippen LogP contribution in [0.1, 0.15) is 21.7 Å². The van der Waals surface area contributed by atoms with Crippen LogP contribution >= 0.6 is 15.9 Å². The molecule has 0 N–H and O–H groups in total. The Labute approximate surface area is 104 Å². The first kappa shape index (κ1) is 12.2. The van der Waals surface area contributed by atoms with E-state index in [4.69, 9.17) is 4.42 Å². The van der Waals surface area contributed by atoms with Crippen LogP contribution in [0.4, 0.5) is 13.2 Å². The van der Waals surface area contributed by atoms with Gasteiger partial charge in [-0.2, -0.15) is 0 Å². The highest BCUT2D eigenvalue weighted by molar-refractivity contribution is 9.09. The fourth-order valence-corrected chi connectivity index (χ4v) is 2.52. The molecule has 0 spiro atoms. The fourth-order valence-electron chi connectivity index (χ4n) is 1.61. The molecule has 0 saturated heterocycles. The second-order valence-corrected chi connectivity index (χ2v) is 4.49. The molecule has 1 aromatic heterocycles. The van der Waals surface area contributed by atoms with Crippen molar-refractivity contribution in [3.05, 3.63) is 58.8 Å². The zero-order valence-electron chi connectivity index (χ0n) is 8.81. The Morgan fingerprint density at radius 1 is 1.18 bits per heavy atom. The van der Waals surface area contributed by atoms with Gasteiger partial charge in [-0.3, -0.25) is 0 Å². The maximum atomic E-state index is 13.5. The molecule has 1 nitrogen and oxygen atoms in total. The van der Waals surface area contributed by atoms with Gasteiger partial charge in [-0.15, -0.1) is 0 Å². The maximum absolute atomic E-state index is 13.5. The van der Waals surface area contributed by atoms with Crippen LogP contribution in [0, 0.1) is 24.4 Å². The molecular weight excluding hydrogens is 297 g/mol. The number of furan rings is 1. The number of aryl methyl sites for hydroxylation is 1. The molecule has 2 aromatic rings. The lowest BCUT2D eigenvalue weighted by molar-refractivity contribution is 0.520. The van der Waals surface area contributed by atoms with Gasteiger partial charge in [0.05, 0.1) is 11.1 Å². The molecule has 1 heterocycles. The summed E-state index contributed by atoms with van der Waals surface area (Å²) >= 11 is 3.19. The summed E-state index contributed by atoms with van der Waals surface area (Å²) in [5, 5.41) is 0. The lowest BCUT2D eigenvalue weighted by Crippen LogP contribution is -2.02. The summed E-state index contributed by atoms with van der Waals surface area (Å²) < 4.78 is 44.9. The summed E-state index contributed by atoms with van der Waals surface area (Å²) in [5.74, 6) is -2.24. The zero-order chi connectivity index (χ0) is 12.6. The van der Waals surface area contributed by atoms with Gasteiger partial charge >= 0.3 is 0 Å². The number of benzene rings is 1. The quantitative estimate of drug-likeness (QED) is 0.745. The molecule has 1 aromatic carbocycles. The van der Waals surface area contributed by atoms with E-state index in [1.165, 1.54) is 6.26 Å². The number of rotatable bonds is 2. The van der Waals surface area contributed by atoms with Crippen LogP contribution < -0.4 is 0 Å². The molecule has 0 aliphatic heterocycles. The molecule has 0 saturated carbocycles. The minimum atomic E-state index is -0.938. The first-order chi connectivity index (χ1) is 8.00. The van der Waals surface area contributed by atoms with E-state index in [1.807, 2.05) is 0 Å². The van der Waals surface area contributed by atoms with Crippen molar-refractivity contribution in [2.24, 2.45) is 0 Å². The lowest BCUT2D eigenvalue weighted by Gasteiger charge is -2.11. The maximum Gasteiger partial charge on any atom is 0.133 e. The predicted molar refractivity (Wildman–Crippen MR) is 60.5 cm³/mol. The highest BCUT2D eigenvalue weighted by Gasteiger charge is 2.23. The predicted octanol–water partition coefficient (Wildman–Crippen LogP) is 4.49. The van der Waals surface area contributed by atoms with Crippen LogP contribution in [0.2, 0.25) is 0 Å². The molecule has 5 heteroatoms. The third kappa shape index (κ3) is 2.24. The molecule has 0 amide bonds. The Hall–Kier alpha value is -1.23. The normalized spacial score (nSPS) is 12.8. The van der Waals surface area contributed by atoms with Gasteiger partial charge in [0.15, 0.2) is 0 Å². The third-order valence-corrected chi connectivity index (χ3v) is 3.42. The van der Waals surface area contributed by atoms with E-state index in [0.717, 1.165) is 0 Å². The van der Waals surface area contributed by atoms with Crippen molar-refractivity contribution in [3.63, 3.8) is 0 Å². The van der Waals surface area contributed by atoms with Crippen molar-refractivity contribution >= 4 is 15.9 Å². The van der Waals surface area contributed by atoms with Gasteiger partial charge in [0.2, 0.25) is 0 Å². The SMILES string of the molecule is Cc1occc1C(Br)c1c(F)cc(F)cc1F. The molecule has 0 bridgehead atoms. The summed E-state index contributed by atoms with van der Waals surface area (Å²) in [6.07, 6.45) is 1.43. The minimum absolute atomic E-state index is 0.226. The number of halogens is 4. The van der Waals surface area contributed by atoms with Gasteiger partial charge < -0.3 is 4.42 Å². The summed E-state index contributed by atoms with van der Waals surface area (Å²) in [6.45, 7) is 1.68. The summed E-state index contributed by atoms with van der Waals surface area (Å²) in [6, 6.07) is 2.92. The summed E-state index contributed by atoms with van der Waals surface area (Å²) in [7, 11) is 0. The Balaban J connectivity index is 2.51. The molecular formula is C12H8BrF3O. The Morgan fingerprint density at radius 3 is 2.24 bits per heavy atom. The monoisotopic (exact) mass is 304 g/mol. The number of hydrogen-bond donors (Lipinski definition) is 0. The Bertz CT molecular complexity index is 527. The molecule has 0 aliphatic rings. The van der Waals surface area contributed by atoms with E-state index >= 15 is 0 Å². The van der Waals surface area contributed by atoms with Gasteiger partial charge in [0, 0.05) is 23.3 Å². The first-order valence-electron chi connectivity index (χ1n) is 4.83. The van der Waals surface area contributed by atoms with Crippen molar-refractivity contribution in [2.45, 2.75) is 11.8 Å². The van der Waals surface area contributed by atoms with Crippen LogP contribution in [-0.4, -0.2) is 0 Å². The average molecular weight is 305 g/mol. The first-order valence-corrected chi connectivity index (χ1v) is 5.74. The van der Waals surface area contributed by atoms with Crippen LogP contribution in [0.3, 0.4) is 0 Å². The fraction of sp³-hybridized carbons (Fsp3) is 0.167. The van der Waals surface area contributed by atoms with Crippen molar-refractivity contribution in [3.8, 4) is 0 Å². The van der Waals surface area contributed by atoms with Crippen LogP contribution in [0.5, 0.6) is 0 Å². The number of alkyl halides is 1. The molecule has 1 atom stereocenters. The van der Waals surface area contributed by atoms with Gasteiger partial charge in [-0.1, -0.05) is 15.9 Å². The smallest absolute Gasteiger partial charge is 0.133 e. The van der Waals surface area contributed by atoms with Crippen molar-refractivity contribution in [2.75, 3.05) is 0 Å². The molecule has 2 rings (SSSR count). The van der Waals surface area contributed by atoms with E-state index in [-0.39, 0.29) is 5.56 Å². The lowest BCUT2D eigenvalue weighted by atomic mass is 10.0. The van der Waals surface area contributed by atoms with E-state index in [2.05, 4.69) is 15.9 Å². The van der Waals surface area contributed by atoms with Crippen molar-refractivity contribution in [1.82, 2.24) is 0 Å². The summed E-state index contributed by atoms with van der Waals surface area (Å²) in [4.78, 5) is -0.707. The van der Waals surface area contributed by atoms with Gasteiger partial charge in [0.25, 0.3) is 0 Å². The average Bonchev–Trinajstić information content (AvgIpc) is 2.62. The Kier molecular flexibility index (Phi) is 3.28. The van der Waals surface area contributed by atoms with Gasteiger partial charge in [0.1, 0.15) is 23.2 Å². The minimum Gasteiger partial charge on any atom is -0.469 e. The number of hydrogen-bond acceptors (Lipinski definition) is 1. The van der Waals surface area contributed by atoms with Gasteiger partial charge in [-0.05, 0) is 13.0 Å². The van der Waals surface area contributed by atoms with Crippen molar-refractivity contribution in [1.29, 1.82) is 0 Å². The van der Waals surface area contributed by atoms with E-state index < -0.39 is 22.3 Å². The topological polar surface area (TPSA) is 13.1 Å². The molecule has 0 aliphatic carbocycles. The Morgan fingerprint density at radius 2 is 1.76 bits per heavy atom. The highest BCUT2D eigenvalue weighted by Crippen LogP contribution is 2.36.